The van der Waals surface area contributed by atoms with Gasteiger partial charge in [0.2, 0.25) is 0 Å². The van der Waals surface area contributed by atoms with Gasteiger partial charge in [-0.25, -0.2) is 0 Å². The summed E-state index contributed by atoms with van der Waals surface area (Å²) in [4.78, 5) is 7.27. The molecule has 1 fully saturated rings. The van der Waals surface area contributed by atoms with Crippen LogP contribution in [-0.2, 0) is 6.42 Å². The molecule has 1 aromatic heterocycles. The lowest BCUT2D eigenvalue weighted by atomic mass is 9.92. The van der Waals surface area contributed by atoms with Crippen molar-refractivity contribution >= 4 is 6.08 Å². The van der Waals surface area contributed by atoms with Gasteiger partial charge in [0.1, 0.15) is 0 Å². The molecule has 0 saturated carbocycles. The third-order valence-corrected chi connectivity index (χ3v) is 4.03. The SMILES string of the molecule is CN1CCC(c2ccc3c(n2)C=CCC3)CC1. The summed E-state index contributed by atoms with van der Waals surface area (Å²) in [5.74, 6) is 0.673. The summed E-state index contributed by atoms with van der Waals surface area (Å²) in [6.07, 6.45) is 9.28. The average Bonchev–Trinajstić information content (AvgIpc) is 2.39. The smallest absolute Gasteiger partial charge is 0.0661 e. The summed E-state index contributed by atoms with van der Waals surface area (Å²) >= 11 is 0. The maximum absolute atomic E-state index is 4.86. The maximum Gasteiger partial charge on any atom is 0.0661 e. The molecule has 0 amide bonds. The molecule has 1 saturated heterocycles. The van der Waals surface area contributed by atoms with E-state index in [9.17, 15) is 0 Å². The number of likely N-dealkylation sites (tertiary alicyclic amines) is 1. The molecule has 2 heteroatoms. The van der Waals surface area contributed by atoms with Crippen molar-refractivity contribution in [3.05, 3.63) is 35.2 Å². The van der Waals surface area contributed by atoms with Gasteiger partial charge >= 0.3 is 0 Å². The van der Waals surface area contributed by atoms with Crippen LogP contribution in [0.25, 0.3) is 6.08 Å². The summed E-state index contributed by atoms with van der Waals surface area (Å²) < 4.78 is 0. The number of allylic oxidation sites excluding steroid dienone is 1. The van der Waals surface area contributed by atoms with Crippen molar-refractivity contribution in [3.8, 4) is 0 Å². The Kier molecular flexibility index (Phi) is 2.98. The first-order valence-electron chi connectivity index (χ1n) is 6.68. The van der Waals surface area contributed by atoms with Crippen molar-refractivity contribution < 1.29 is 0 Å². The predicted octanol–water partition coefficient (Wildman–Crippen LogP) is 2.85. The van der Waals surface area contributed by atoms with Crippen LogP contribution in [-0.4, -0.2) is 30.0 Å². The van der Waals surface area contributed by atoms with E-state index >= 15 is 0 Å². The largest absolute Gasteiger partial charge is 0.306 e. The lowest BCUT2D eigenvalue weighted by Crippen LogP contribution is -2.29. The molecule has 17 heavy (non-hydrogen) atoms. The Labute approximate surface area is 103 Å². The molecule has 2 aliphatic rings. The molecule has 1 aliphatic carbocycles. The van der Waals surface area contributed by atoms with Crippen LogP contribution in [0.4, 0.5) is 0 Å². The van der Waals surface area contributed by atoms with Crippen LogP contribution in [0.15, 0.2) is 18.2 Å². The van der Waals surface area contributed by atoms with E-state index < -0.39 is 0 Å². The average molecular weight is 228 g/mol. The number of pyridine rings is 1. The zero-order valence-corrected chi connectivity index (χ0v) is 10.5. The zero-order valence-electron chi connectivity index (χ0n) is 10.5. The van der Waals surface area contributed by atoms with Crippen molar-refractivity contribution in [1.82, 2.24) is 9.88 Å². The number of piperidine rings is 1. The molecule has 0 spiro atoms. The second kappa shape index (κ2) is 4.61. The summed E-state index contributed by atoms with van der Waals surface area (Å²) in [6.45, 7) is 2.42. The fraction of sp³-hybridized carbons (Fsp3) is 0.533. The van der Waals surface area contributed by atoms with Crippen LogP contribution < -0.4 is 0 Å². The topological polar surface area (TPSA) is 16.1 Å². The molecule has 2 heterocycles. The molecule has 90 valence electrons. The lowest BCUT2D eigenvalue weighted by Gasteiger charge is -2.29. The van der Waals surface area contributed by atoms with Gasteiger partial charge in [-0.15, -0.1) is 0 Å². The van der Waals surface area contributed by atoms with Gasteiger partial charge < -0.3 is 4.90 Å². The molecule has 0 aromatic carbocycles. The van der Waals surface area contributed by atoms with Crippen LogP contribution >= 0.6 is 0 Å². The Morgan fingerprint density at radius 2 is 2.06 bits per heavy atom. The number of hydrogen-bond acceptors (Lipinski definition) is 2. The van der Waals surface area contributed by atoms with Gasteiger partial charge in [0.25, 0.3) is 0 Å². The first-order chi connectivity index (χ1) is 8.33. The van der Waals surface area contributed by atoms with Crippen molar-refractivity contribution in [2.24, 2.45) is 0 Å². The van der Waals surface area contributed by atoms with Gasteiger partial charge in [-0.3, -0.25) is 4.98 Å². The number of hydrogen-bond donors (Lipinski definition) is 0. The van der Waals surface area contributed by atoms with Crippen LogP contribution in [0.5, 0.6) is 0 Å². The fourth-order valence-corrected chi connectivity index (χ4v) is 2.84. The van der Waals surface area contributed by atoms with E-state index in [1.165, 1.54) is 49.3 Å². The molecule has 1 aliphatic heterocycles. The highest BCUT2D eigenvalue weighted by Gasteiger charge is 2.20. The summed E-state index contributed by atoms with van der Waals surface area (Å²) in [6, 6.07) is 4.55. The van der Waals surface area contributed by atoms with Crippen molar-refractivity contribution in [1.29, 1.82) is 0 Å². The normalized spacial score (nSPS) is 21.5. The number of nitrogens with zero attached hydrogens (tertiary/aromatic N) is 2. The second-order valence-corrected chi connectivity index (χ2v) is 5.30. The summed E-state index contributed by atoms with van der Waals surface area (Å²) in [5, 5.41) is 0. The molecule has 0 N–H and O–H groups in total. The van der Waals surface area contributed by atoms with Crippen molar-refractivity contribution in [2.75, 3.05) is 20.1 Å². The van der Waals surface area contributed by atoms with Gasteiger partial charge in [0.05, 0.1) is 5.69 Å². The molecular formula is C15H20N2. The van der Waals surface area contributed by atoms with Crippen LogP contribution in [0, 0.1) is 0 Å². The molecule has 0 atom stereocenters. The molecule has 1 aromatic rings. The highest BCUT2D eigenvalue weighted by atomic mass is 15.1. The predicted molar refractivity (Wildman–Crippen MR) is 71.1 cm³/mol. The third kappa shape index (κ3) is 2.27. The Hall–Kier alpha value is -1.15. The first-order valence-corrected chi connectivity index (χ1v) is 6.68. The van der Waals surface area contributed by atoms with Gasteiger partial charge in [0.15, 0.2) is 0 Å². The van der Waals surface area contributed by atoms with E-state index in [1.54, 1.807) is 0 Å². The minimum Gasteiger partial charge on any atom is -0.306 e. The van der Waals surface area contributed by atoms with Crippen LogP contribution in [0.3, 0.4) is 0 Å². The van der Waals surface area contributed by atoms with E-state index in [2.05, 4.69) is 36.2 Å². The molecule has 0 bridgehead atoms. The summed E-state index contributed by atoms with van der Waals surface area (Å²) in [5.41, 5.74) is 3.94. The Morgan fingerprint density at radius 3 is 2.88 bits per heavy atom. The number of rotatable bonds is 1. The number of aromatic nitrogens is 1. The van der Waals surface area contributed by atoms with Gasteiger partial charge in [-0.05, 0) is 63.5 Å². The van der Waals surface area contributed by atoms with E-state index in [1.807, 2.05) is 0 Å². The molecular weight excluding hydrogens is 208 g/mol. The monoisotopic (exact) mass is 228 g/mol. The fourth-order valence-electron chi connectivity index (χ4n) is 2.84. The van der Waals surface area contributed by atoms with Crippen LogP contribution in [0.2, 0.25) is 0 Å². The third-order valence-electron chi connectivity index (χ3n) is 4.03. The number of aryl methyl sites for hydroxylation is 1. The molecule has 2 nitrogen and oxygen atoms in total. The van der Waals surface area contributed by atoms with E-state index in [0.717, 1.165) is 6.42 Å². The van der Waals surface area contributed by atoms with Crippen molar-refractivity contribution in [3.63, 3.8) is 0 Å². The highest BCUT2D eigenvalue weighted by Crippen LogP contribution is 2.28. The maximum atomic E-state index is 4.86. The minimum absolute atomic E-state index is 0.673. The van der Waals surface area contributed by atoms with Gasteiger partial charge in [0, 0.05) is 11.6 Å². The number of fused-ring (bicyclic) bond motifs is 1. The minimum atomic E-state index is 0.673. The zero-order chi connectivity index (χ0) is 11.7. The van der Waals surface area contributed by atoms with E-state index in [-0.39, 0.29) is 0 Å². The van der Waals surface area contributed by atoms with Gasteiger partial charge in [-0.2, -0.15) is 0 Å². The van der Waals surface area contributed by atoms with E-state index in [4.69, 9.17) is 4.98 Å². The lowest BCUT2D eigenvalue weighted by molar-refractivity contribution is 0.253. The van der Waals surface area contributed by atoms with Crippen LogP contribution in [0.1, 0.15) is 42.1 Å². The Balaban J connectivity index is 1.82. The highest BCUT2D eigenvalue weighted by molar-refractivity contribution is 5.52. The quantitative estimate of drug-likeness (QED) is 0.734. The molecule has 0 radical (unpaired) electrons. The Morgan fingerprint density at radius 1 is 1.24 bits per heavy atom. The summed E-state index contributed by atoms with van der Waals surface area (Å²) in [7, 11) is 2.21. The first kappa shape index (κ1) is 11.0. The standard InChI is InChI=1S/C15H20N2/c1-17-10-8-13(9-11-17)15-7-6-12-4-2-3-5-14(12)16-15/h3,5-7,13H,2,4,8-11H2,1H3. The van der Waals surface area contributed by atoms with Crippen molar-refractivity contribution in [2.45, 2.75) is 31.6 Å². The molecule has 3 rings (SSSR count). The van der Waals surface area contributed by atoms with E-state index in [0.29, 0.717) is 5.92 Å². The second-order valence-electron chi connectivity index (χ2n) is 5.30. The Bertz CT molecular complexity index is 429. The molecule has 0 unspecified atom stereocenters. The van der Waals surface area contributed by atoms with Gasteiger partial charge in [-0.1, -0.05) is 12.1 Å².